The standard InChI is InChI=1S/C23H27N3O3S/c1-5-16(3)19-11-6-7-12-20(19)24-22(27)17(4)30-23-26-25-21(29-23)14-28-18-10-8-9-15(2)13-18/h6-13,16-17H,5,14H2,1-4H3,(H,24,27). The summed E-state index contributed by atoms with van der Waals surface area (Å²) in [6.45, 7) is 8.29. The number of nitrogens with one attached hydrogen (secondary N) is 1. The van der Waals surface area contributed by atoms with Gasteiger partial charge in [-0.05, 0) is 55.5 Å². The number of anilines is 1. The Morgan fingerprint density at radius 1 is 1.17 bits per heavy atom. The fourth-order valence-corrected chi connectivity index (χ4v) is 3.59. The maximum Gasteiger partial charge on any atom is 0.277 e. The molecule has 0 bridgehead atoms. The molecule has 0 fully saturated rings. The Hall–Kier alpha value is -2.80. The summed E-state index contributed by atoms with van der Waals surface area (Å²) in [4.78, 5) is 12.7. The molecule has 6 nitrogen and oxygen atoms in total. The zero-order valence-electron chi connectivity index (χ0n) is 17.7. The highest BCUT2D eigenvalue weighted by Crippen LogP contribution is 2.28. The Morgan fingerprint density at radius 3 is 2.73 bits per heavy atom. The molecule has 1 heterocycles. The molecule has 2 unspecified atom stereocenters. The number of aryl methyl sites for hydroxylation is 1. The fraction of sp³-hybridized carbons (Fsp3) is 0.348. The molecule has 2 atom stereocenters. The largest absolute Gasteiger partial charge is 0.484 e. The van der Waals surface area contributed by atoms with E-state index in [0.717, 1.165) is 29.0 Å². The van der Waals surface area contributed by atoms with Crippen molar-refractivity contribution in [3.05, 3.63) is 65.5 Å². The van der Waals surface area contributed by atoms with E-state index in [0.29, 0.717) is 17.0 Å². The molecule has 1 N–H and O–H groups in total. The number of para-hydroxylation sites is 1. The number of carbonyl (C=O) groups is 1. The van der Waals surface area contributed by atoms with Gasteiger partial charge in [0.15, 0.2) is 6.61 Å². The molecule has 30 heavy (non-hydrogen) atoms. The lowest BCUT2D eigenvalue weighted by molar-refractivity contribution is -0.115. The Bertz CT molecular complexity index is 989. The van der Waals surface area contributed by atoms with E-state index in [-0.39, 0.29) is 17.8 Å². The highest BCUT2D eigenvalue weighted by molar-refractivity contribution is 8.00. The third kappa shape index (κ3) is 5.86. The zero-order chi connectivity index (χ0) is 21.5. The highest BCUT2D eigenvalue weighted by Gasteiger charge is 2.20. The van der Waals surface area contributed by atoms with Crippen molar-refractivity contribution in [3.63, 3.8) is 0 Å². The van der Waals surface area contributed by atoms with Gasteiger partial charge in [-0.15, -0.1) is 10.2 Å². The Balaban J connectivity index is 1.56. The van der Waals surface area contributed by atoms with Gasteiger partial charge >= 0.3 is 0 Å². The molecule has 158 valence electrons. The number of ether oxygens (including phenoxy) is 1. The van der Waals surface area contributed by atoms with Crippen LogP contribution in [0.1, 0.15) is 50.1 Å². The van der Waals surface area contributed by atoms with Gasteiger partial charge in [-0.3, -0.25) is 4.79 Å². The molecular formula is C23H27N3O3S. The summed E-state index contributed by atoms with van der Waals surface area (Å²) < 4.78 is 11.3. The van der Waals surface area contributed by atoms with Crippen molar-refractivity contribution in [2.24, 2.45) is 0 Å². The van der Waals surface area contributed by atoms with E-state index in [2.05, 4.69) is 35.4 Å². The topological polar surface area (TPSA) is 77.2 Å². The van der Waals surface area contributed by atoms with Crippen molar-refractivity contribution in [1.29, 1.82) is 0 Å². The van der Waals surface area contributed by atoms with Crippen LogP contribution in [0.25, 0.3) is 0 Å². The normalized spacial score (nSPS) is 12.9. The second kappa shape index (κ2) is 10.3. The van der Waals surface area contributed by atoms with Crippen molar-refractivity contribution in [1.82, 2.24) is 10.2 Å². The lowest BCUT2D eigenvalue weighted by Crippen LogP contribution is -2.23. The number of hydrogen-bond acceptors (Lipinski definition) is 6. The summed E-state index contributed by atoms with van der Waals surface area (Å²) in [7, 11) is 0. The molecule has 2 aromatic carbocycles. The first-order valence-electron chi connectivity index (χ1n) is 10.0. The molecule has 3 rings (SSSR count). The van der Waals surface area contributed by atoms with Crippen molar-refractivity contribution >= 4 is 23.4 Å². The van der Waals surface area contributed by atoms with Crippen LogP contribution in [0.2, 0.25) is 0 Å². The quantitative estimate of drug-likeness (QED) is 0.450. The summed E-state index contributed by atoms with van der Waals surface area (Å²) in [5, 5.41) is 11.0. The lowest BCUT2D eigenvalue weighted by atomic mass is 9.97. The number of hydrogen-bond donors (Lipinski definition) is 1. The predicted molar refractivity (Wildman–Crippen MR) is 119 cm³/mol. The van der Waals surface area contributed by atoms with E-state index in [1.807, 2.05) is 56.3 Å². The van der Waals surface area contributed by atoms with Crippen LogP contribution in [0.15, 0.2) is 58.2 Å². The van der Waals surface area contributed by atoms with Gasteiger partial charge in [-0.1, -0.05) is 55.9 Å². The molecule has 0 radical (unpaired) electrons. The van der Waals surface area contributed by atoms with E-state index in [1.165, 1.54) is 11.8 Å². The van der Waals surface area contributed by atoms with Crippen molar-refractivity contribution in [2.75, 3.05) is 5.32 Å². The minimum absolute atomic E-state index is 0.105. The maximum absolute atomic E-state index is 12.7. The number of benzene rings is 2. The molecule has 7 heteroatoms. The third-order valence-corrected chi connectivity index (χ3v) is 5.74. The average Bonchev–Trinajstić information content (AvgIpc) is 3.19. The average molecular weight is 426 g/mol. The SMILES string of the molecule is CCC(C)c1ccccc1NC(=O)C(C)Sc1nnc(COc2cccc(C)c2)o1. The van der Waals surface area contributed by atoms with Gasteiger partial charge in [0.05, 0.1) is 5.25 Å². The van der Waals surface area contributed by atoms with E-state index >= 15 is 0 Å². The van der Waals surface area contributed by atoms with Crippen LogP contribution in [0.5, 0.6) is 5.75 Å². The summed E-state index contributed by atoms with van der Waals surface area (Å²) in [5.74, 6) is 1.38. The first kappa shape index (κ1) is 21.9. The number of thioether (sulfide) groups is 1. The number of carbonyl (C=O) groups excluding carboxylic acids is 1. The van der Waals surface area contributed by atoms with Gasteiger partial charge in [0.1, 0.15) is 5.75 Å². The number of amides is 1. The van der Waals surface area contributed by atoms with Crippen LogP contribution in [-0.2, 0) is 11.4 Å². The van der Waals surface area contributed by atoms with Gasteiger partial charge in [-0.25, -0.2) is 0 Å². The van der Waals surface area contributed by atoms with Crippen LogP contribution in [0.3, 0.4) is 0 Å². The molecule has 0 saturated heterocycles. The van der Waals surface area contributed by atoms with Crippen molar-refractivity contribution < 1.29 is 13.9 Å². The molecule has 3 aromatic rings. The zero-order valence-corrected chi connectivity index (χ0v) is 18.5. The van der Waals surface area contributed by atoms with E-state index in [4.69, 9.17) is 9.15 Å². The first-order valence-corrected chi connectivity index (χ1v) is 10.9. The van der Waals surface area contributed by atoms with Crippen LogP contribution in [0, 0.1) is 6.92 Å². The van der Waals surface area contributed by atoms with Crippen LogP contribution >= 0.6 is 11.8 Å². The van der Waals surface area contributed by atoms with Crippen LogP contribution in [0.4, 0.5) is 5.69 Å². The van der Waals surface area contributed by atoms with Crippen LogP contribution in [-0.4, -0.2) is 21.4 Å². The van der Waals surface area contributed by atoms with Gasteiger partial charge in [0.25, 0.3) is 11.1 Å². The fourth-order valence-electron chi connectivity index (χ4n) is 2.89. The molecular weight excluding hydrogens is 398 g/mol. The molecule has 0 saturated carbocycles. The van der Waals surface area contributed by atoms with Crippen molar-refractivity contribution in [3.8, 4) is 5.75 Å². The Kier molecular flexibility index (Phi) is 7.52. The minimum atomic E-state index is -0.388. The smallest absolute Gasteiger partial charge is 0.277 e. The summed E-state index contributed by atoms with van der Waals surface area (Å²) in [5.41, 5.74) is 3.10. The molecule has 0 aliphatic rings. The molecule has 0 aliphatic carbocycles. The first-order chi connectivity index (χ1) is 14.5. The number of rotatable bonds is 9. The second-order valence-electron chi connectivity index (χ2n) is 7.21. The Morgan fingerprint density at radius 2 is 1.97 bits per heavy atom. The second-order valence-corrected chi connectivity index (χ2v) is 8.50. The summed E-state index contributed by atoms with van der Waals surface area (Å²) in [6.07, 6.45) is 1.01. The van der Waals surface area contributed by atoms with Gasteiger partial charge in [0, 0.05) is 5.69 Å². The van der Waals surface area contributed by atoms with E-state index in [1.54, 1.807) is 0 Å². The highest BCUT2D eigenvalue weighted by atomic mass is 32.2. The third-order valence-electron chi connectivity index (χ3n) is 4.81. The minimum Gasteiger partial charge on any atom is -0.484 e. The summed E-state index contributed by atoms with van der Waals surface area (Å²) in [6, 6.07) is 15.7. The summed E-state index contributed by atoms with van der Waals surface area (Å²) >= 11 is 1.23. The molecule has 1 aromatic heterocycles. The van der Waals surface area contributed by atoms with E-state index in [9.17, 15) is 4.79 Å². The predicted octanol–water partition coefficient (Wildman–Crippen LogP) is 5.59. The van der Waals surface area contributed by atoms with Gasteiger partial charge < -0.3 is 14.5 Å². The number of aromatic nitrogens is 2. The van der Waals surface area contributed by atoms with E-state index < -0.39 is 0 Å². The lowest BCUT2D eigenvalue weighted by Gasteiger charge is -2.17. The number of nitrogens with zero attached hydrogens (tertiary/aromatic N) is 2. The molecule has 0 aliphatic heterocycles. The van der Waals surface area contributed by atoms with Gasteiger partial charge in [0.2, 0.25) is 5.91 Å². The van der Waals surface area contributed by atoms with Crippen molar-refractivity contribution in [2.45, 2.75) is 57.1 Å². The monoisotopic (exact) mass is 425 g/mol. The maximum atomic E-state index is 12.7. The van der Waals surface area contributed by atoms with Crippen LogP contribution < -0.4 is 10.1 Å². The molecule has 0 spiro atoms. The van der Waals surface area contributed by atoms with Gasteiger partial charge in [-0.2, -0.15) is 0 Å². The molecule has 1 amide bonds. The Labute approximate surface area is 181 Å².